The van der Waals surface area contributed by atoms with Gasteiger partial charge in [0.25, 0.3) is 0 Å². The van der Waals surface area contributed by atoms with Gasteiger partial charge >= 0.3 is 0 Å². The number of halogens is 1. The highest BCUT2D eigenvalue weighted by Crippen LogP contribution is 2.55. The van der Waals surface area contributed by atoms with Crippen LogP contribution in [0.15, 0.2) is 66.9 Å². The van der Waals surface area contributed by atoms with E-state index in [2.05, 4.69) is 39.9 Å². The van der Waals surface area contributed by atoms with Crippen LogP contribution in [0.1, 0.15) is 61.6 Å². The van der Waals surface area contributed by atoms with Gasteiger partial charge < -0.3 is 9.80 Å². The van der Waals surface area contributed by atoms with Gasteiger partial charge in [0.05, 0.1) is 11.1 Å². The Kier molecular flexibility index (Phi) is 5.88. The van der Waals surface area contributed by atoms with Crippen molar-refractivity contribution in [1.29, 1.82) is 0 Å². The fourth-order valence-corrected chi connectivity index (χ4v) is 8.12. The van der Waals surface area contributed by atoms with Crippen LogP contribution < -0.4 is 0 Å². The minimum Gasteiger partial charge on any atom is -0.334 e. The molecule has 3 aliphatic heterocycles. The van der Waals surface area contributed by atoms with Gasteiger partial charge in [0.1, 0.15) is 5.82 Å². The SMILES string of the molecule is CC1C2Cc3ccc(-c4ccccn4)cc3CN2C(=O)[C@]12CCC(N1CCC(c3ccc(F)cc3)CC1)C2. The van der Waals surface area contributed by atoms with E-state index in [1.807, 2.05) is 36.5 Å². The molecule has 3 unspecified atom stereocenters. The summed E-state index contributed by atoms with van der Waals surface area (Å²) < 4.78 is 13.4. The molecule has 5 heteroatoms. The van der Waals surface area contributed by atoms with Gasteiger partial charge in [-0.3, -0.25) is 9.78 Å². The molecular formula is C33H36FN3O. The number of pyridine rings is 1. The van der Waals surface area contributed by atoms with E-state index in [0.29, 0.717) is 29.8 Å². The Labute approximate surface area is 224 Å². The van der Waals surface area contributed by atoms with Crippen molar-refractivity contribution in [2.24, 2.45) is 11.3 Å². The molecule has 4 nitrogen and oxygen atoms in total. The van der Waals surface area contributed by atoms with E-state index in [4.69, 9.17) is 0 Å². The van der Waals surface area contributed by atoms with Crippen LogP contribution in [-0.2, 0) is 17.8 Å². The number of carbonyl (C=O) groups is 1. The number of nitrogens with zero attached hydrogens (tertiary/aromatic N) is 3. The number of benzene rings is 2. The Morgan fingerprint density at radius 3 is 2.55 bits per heavy atom. The lowest BCUT2D eigenvalue weighted by Crippen LogP contribution is -2.42. The second kappa shape index (κ2) is 9.30. The molecule has 0 N–H and O–H groups in total. The number of hydrogen-bond acceptors (Lipinski definition) is 3. The maximum Gasteiger partial charge on any atom is 0.229 e. The smallest absolute Gasteiger partial charge is 0.229 e. The molecule has 1 aromatic heterocycles. The summed E-state index contributed by atoms with van der Waals surface area (Å²) >= 11 is 0. The first-order valence-corrected chi connectivity index (χ1v) is 14.4. The summed E-state index contributed by atoms with van der Waals surface area (Å²) in [6.45, 7) is 5.21. The Balaban J connectivity index is 1.05. The van der Waals surface area contributed by atoms with Gasteiger partial charge in [-0.15, -0.1) is 0 Å². The minimum absolute atomic E-state index is 0.161. The monoisotopic (exact) mass is 509 g/mol. The number of likely N-dealkylation sites (tertiary alicyclic amines) is 1. The first-order valence-electron chi connectivity index (χ1n) is 14.4. The third kappa shape index (κ3) is 3.89. The lowest BCUT2D eigenvalue weighted by Gasteiger charge is -2.37. The van der Waals surface area contributed by atoms with Crippen LogP contribution >= 0.6 is 0 Å². The van der Waals surface area contributed by atoms with E-state index < -0.39 is 0 Å². The predicted octanol–water partition coefficient (Wildman–Crippen LogP) is 6.21. The maximum absolute atomic E-state index is 14.1. The third-order valence-electron chi connectivity index (χ3n) is 10.4. The molecule has 1 saturated carbocycles. The van der Waals surface area contributed by atoms with Crippen LogP contribution in [0.4, 0.5) is 4.39 Å². The molecule has 4 atom stereocenters. The Bertz CT molecular complexity index is 1330. The average molecular weight is 510 g/mol. The second-order valence-electron chi connectivity index (χ2n) is 12.1. The largest absolute Gasteiger partial charge is 0.334 e. The summed E-state index contributed by atoms with van der Waals surface area (Å²) in [6, 6.07) is 20.6. The highest BCUT2D eigenvalue weighted by atomic mass is 19.1. The van der Waals surface area contributed by atoms with Crippen molar-refractivity contribution >= 4 is 5.91 Å². The van der Waals surface area contributed by atoms with Crippen molar-refractivity contribution in [2.45, 2.75) is 70.0 Å². The Morgan fingerprint density at radius 1 is 0.974 bits per heavy atom. The highest BCUT2D eigenvalue weighted by molar-refractivity contribution is 5.87. The van der Waals surface area contributed by atoms with Gasteiger partial charge in [0.2, 0.25) is 5.91 Å². The molecule has 2 saturated heterocycles. The molecule has 4 aliphatic rings. The van der Waals surface area contributed by atoms with Gasteiger partial charge in [-0.05, 0) is 110 Å². The summed E-state index contributed by atoms with van der Waals surface area (Å²) in [6.07, 6.45) is 8.15. The van der Waals surface area contributed by atoms with E-state index in [9.17, 15) is 9.18 Å². The molecule has 3 aromatic rings. The highest BCUT2D eigenvalue weighted by Gasteiger charge is 2.60. The van der Waals surface area contributed by atoms with Crippen LogP contribution in [0.25, 0.3) is 11.3 Å². The van der Waals surface area contributed by atoms with Gasteiger partial charge in [-0.25, -0.2) is 4.39 Å². The number of fused-ring (bicyclic) bond motifs is 2. The topological polar surface area (TPSA) is 36.4 Å². The van der Waals surface area contributed by atoms with E-state index in [-0.39, 0.29) is 11.2 Å². The third-order valence-corrected chi connectivity index (χ3v) is 10.4. The molecule has 38 heavy (non-hydrogen) atoms. The molecule has 1 aliphatic carbocycles. The number of carbonyl (C=O) groups excluding carboxylic acids is 1. The van der Waals surface area contributed by atoms with Gasteiger partial charge in [-0.1, -0.05) is 37.3 Å². The van der Waals surface area contributed by atoms with Crippen molar-refractivity contribution in [3.8, 4) is 11.3 Å². The molecule has 0 bridgehead atoms. The van der Waals surface area contributed by atoms with Crippen molar-refractivity contribution in [1.82, 2.24) is 14.8 Å². The average Bonchev–Trinajstić information content (AvgIpc) is 3.50. The van der Waals surface area contributed by atoms with Crippen LogP contribution in [0.3, 0.4) is 0 Å². The Morgan fingerprint density at radius 2 is 1.79 bits per heavy atom. The number of piperidine rings is 1. The molecule has 3 fully saturated rings. The van der Waals surface area contributed by atoms with Gasteiger partial charge in [-0.2, -0.15) is 0 Å². The number of rotatable bonds is 3. The Hall–Kier alpha value is -3.05. The van der Waals surface area contributed by atoms with Crippen LogP contribution in [0, 0.1) is 17.2 Å². The molecule has 0 radical (unpaired) electrons. The number of hydrogen-bond donors (Lipinski definition) is 0. The lowest BCUT2D eigenvalue weighted by atomic mass is 9.73. The fraction of sp³-hybridized carbons (Fsp3) is 0.455. The van der Waals surface area contributed by atoms with Gasteiger partial charge in [0.15, 0.2) is 0 Å². The zero-order valence-electron chi connectivity index (χ0n) is 22.2. The molecule has 1 amide bonds. The van der Waals surface area contributed by atoms with Crippen molar-refractivity contribution in [3.05, 3.63) is 89.4 Å². The zero-order chi connectivity index (χ0) is 25.9. The molecule has 7 rings (SSSR count). The van der Waals surface area contributed by atoms with Gasteiger partial charge in [0, 0.05) is 30.4 Å². The molecule has 4 heterocycles. The summed E-state index contributed by atoms with van der Waals surface area (Å²) in [5, 5.41) is 0. The number of aromatic nitrogens is 1. The first-order chi connectivity index (χ1) is 18.5. The summed E-state index contributed by atoms with van der Waals surface area (Å²) in [5.41, 5.74) is 5.82. The molecule has 2 aromatic carbocycles. The molecule has 1 spiro atoms. The lowest BCUT2D eigenvalue weighted by molar-refractivity contribution is -0.138. The summed E-state index contributed by atoms with van der Waals surface area (Å²) in [7, 11) is 0. The maximum atomic E-state index is 14.1. The summed E-state index contributed by atoms with van der Waals surface area (Å²) in [4.78, 5) is 23.5. The molecule has 196 valence electrons. The van der Waals surface area contributed by atoms with Crippen LogP contribution in [0.5, 0.6) is 0 Å². The van der Waals surface area contributed by atoms with E-state index >= 15 is 0 Å². The predicted molar refractivity (Wildman–Crippen MR) is 147 cm³/mol. The van der Waals surface area contributed by atoms with Crippen molar-refractivity contribution in [3.63, 3.8) is 0 Å². The van der Waals surface area contributed by atoms with Crippen molar-refractivity contribution in [2.75, 3.05) is 13.1 Å². The number of amides is 1. The second-order valence-corrected chi connectivity index (χ2v) is 12.1. The quantitative estimate of drug-likeness (QED) is 0.421. The zero-order valence-corrected chi connectivity index (χ0v) is 22.2. The van der Waals surface area contributed by atoms with E-state index in [1.54, 1.807) is 12.1 Å². The van der Waals surface area contributed by atoms with E-state index in [0.717, 1.165) is 69.4 Å². The van der Waals surface area contributed by atoms with Crippen molar-refractivity contribution < 1.29 is 9.18 Å². The van der Waals surface area contributed by atoms with E-state index in [1.165, 1.54) is 16.7 Å². The molecular weight excluding hydrogens is 473 g/mol. The van der Waals surface area contributed by atoms with Crippen LogP contribution in [-0.4, -0.2) is 45.9 Å². The standard InChI is InChI=1S/C33H36FN3O/c1-22-31-19-25-5-6-26(30-4-2-3-15-35-30)18-27(25)21-37(31)32(38)33(22)14-11-29(20-33)36-16-12-24(13-17-36)23-7-9-28(34)10-8-23/h2-10,15,18,22,24,29,31H,11-14,16-17,19-21H2,1H3/t22?,29?,31?,33-/m0/s1. The first kappa shape index (κ1) is 24.0. The van der Waals surface area contributed by atoms with Crippen LogP contribution in [0.2, 0.25) is 0 Å². The summed E-state index contributed by atoms with van der Waals surface area (Å²) in [5.74, 6) is 1.12. The fourth-order valence-electron chi connectivity index (χ4n) is 8.12. The normalized spacial score (nSPS) is 29.6. The minimum atomic E-state index is -0.213.